The normalized spacial score (nSPS) is 16.4. The predicted octanol–water partition coefficient (Wildman–Crippen LogP) is 2.69. The first-order valence-corrected chi connectivity index (χ1v) is 14.4. The standard InChI is InChI=1S/C28H41N9S/c29-27(30)36-28-35-26(21-38-28)24-4-1-5-25(18-24)34-19-22-6-8-23(9-7-22)20-37-16-3-12-32-14-13-31-10-2-11-33-15-17-37/h1,4-9,18,21,31-34H,2-3,10-17,19-20H2,(H4,29,30,35,36). The summed E-state index contributed by atoms with van der Waals surface area (Å²) < 4.78 is 0. The van der Waals surface area contributed by atoms with Crippen LogP contribution >= 0.6 is 11.3 Å². The molecule has 10 heteroatoms. The summed E-state index contributed by atoms with van der Waals surface area (Å²) in [6.45, 7) is 10.3. The van der Waals surface area contributed by atoms with Gasteiger partial charge in [0.25, 0.3) is 0 Å². The maximum absolute atomic E-state index is 5.46. The summed E-state index contributed by atoms with van der Waals surface area (Å²) in [5.41, 5.74) is 16.5. The zero-order valence-electron chi connectivity index (χ0n) is 22.1. The van der Waals surface area contributed by atoms with Crippen LogP contribution in [0.25, 0.3) is 11.3 Å². The first-order chi connectivity index (χ1) is 18.7. The van der Waals surface area contributed by atoms with Crippen LogP contribution < -0.4 is 32.7 Å². The van der Waals surface area contributed by atoms with Crippen LogP contribution in [0.3, 0.4) is 0 Å². The molecule has 0 radical (unpaired) electrons. The number of thiazole rings is 1. The summed E-state index contributed by atoms with van der Waals surface area (Å²) in [5, 5.41) is 16.7. The predicted molar refractivity (Wildman–Crippen MR) is 160 cm³/mol. The number of aromatic nitrogens is 1. The molecular formula is C28H41N9S. The van der Waals surface area contributed by atoms with Gasteiger partial charge in [-0.05, 0) is 62.3 Å². The molecule has 0 saturated carbocycles. The van der Waals surface area contributed by atoms with Crippen LogP contribution in [0.5, 0.6) is 0 Å². The quantitative estimate of drug-likeness (QED) is 0.201. The van der Waals surface area contributed by atoms with Crippen molar-refractivity contribution in [1.82, 2.24) is 25.8 Å². The van der Waals surface area contributed by atoms with E-state index in [1.165, 1.54) is 28.9 Å². The van der Waals surface area contributed by atoms with Gasteiger partial charge in [-0.3, -0.25) is 4.90 Å². The molecule has 9 nitrogen and oxygen atoms in total. The average Bonchev–Trinajstić information content (AvgIpc) is 3.38. The third-order valence-corrected chi connectivity index (χ3v) is 7.15. The van der Waals surface area contributed by atoms with E-state index in [1.807, 2.05) is 17.5 Å². The maximum Gasteiger partial charge on any atom is 0.212 e. The van der Waals surface area contributed by atoms with E-state index in [0.717, 1.165) is 88.8 Å². The van der Waals surface area contributed by atoms with Crippen LogP contribution in [0.4, 0.5) is 10.8 Å². The molecule has 0 bridgehead atoms. The van der Waals surface area contributed by atoms with E-state index in [2.05, 4.69) is 72.5 Å². The Kier molecular flexibility index (Phi) is 11.4. The van der Waals surface area contributed by atoms with Crippen molar-refractivity contribution in [3.8, 4) is 11.3 Å². The monoisotopic (exact) mass is 535 g/mol. The van der Waals surface area contributed by atoms with Gasteiger partial charge in [-0.25, -0.2) is 4.98 Å². The molecule has 0 atom stereocenters. The summed E-state index contributed by atoms with van der Waals surface area (Å²) in [6, 6.07) is 17.2. The Morgan fingerprint density at radius 2 is 1.63 bits per heavy atom. The van der Waals surface area contributed by atoms with Crippen molar-refractivity contribution >= 4 is 28.1 Å². The first-order valence-electron chi connectivity index (χ1n) is 13.5. The minimum Gasteiger partial charge on any atom is -0.381 e. The highest BCUT2D eigenvalue weighted by Crippen LogP contribution is 2.28. The highest BCUT2D eigenvalue weighted by molar-refractivity contribution is 7.13. The smallest absolute Gasteiger partial charge is 0.212 e. The van der Waals surface area contributed by atoms with Crippen LogP contribution in [-0.2, 0) is 13.1 Å². The van der Waals surface area contributed by atoms with Crippen molar-refractivity contribution in [3.05, 3.63) is 65.0 Å². The van der Waals surface area contributed by atoms with Gasteiger partial charge in [0.1, 0.15) is 0 Å². The number of anilines is 1. The van der Waals surface area contributed by atoms with Crippen LogP contribution in [0.1, 0.15) is 24.0 Å². The lowest BCUT2D eigenvalue weighted by Gasteiger charge is -2.23. The molecule has 0 amide bonds. The lowest BCUT2D eigenvalue weighted by Crippen LogP contribution is -2.36. The van der Waals surface area contributed by atoms with Crippen molar-refractivity contribution in [2.45, 2.75) is 25.9 Å². The van der Waals surface area contributed by atoms with Gasteiger partial charge < -0.3 is 32.7 Å². The zero-order chi connectivity index (χ0) is 26.4. The van der Waals surface area contributed by atoms with E-state index < -0.39 is 0 Å². The molecule has 2 heterocycles. The maximum atomic E-state index is 5.46. The molecule has 0 spiro atoms. The number of nitrogens with two attached hydrogens (primary N) is 2. The van der Waals surface area contributed by atoms with Crippen molar-refractivity contribution in [1.29, 1.82) is 0 Å². The number of hydrogen-bond acceptors (Lipinski definition) is 8. The van der Waals surface area contributed by atoms with Crippen LogP contribution in [0.15, 0.2) is 58.9 Å². The molecule has 1 aliphatic heterocycles. The summed E-state index contributed by atoms with van der Waals surface area (Å²) in [5.74, 6) is 0.0174. The number of benzene rings is 2. The number of rotatable bonds is 7. The minimum atomic E-state index is 0.0174. The van der Waals surface area contributed by atoms with E-state index in [9.17, 15) is 0 Å². The lowest BCUT2D eigenvalue weighted by molar-refractivity contribution is 0.260. The zero-order valence-corrected chi connectivity index (χ0v) is 22.9. The Morgan fingerprint density at radius 1 is 0.895 bits per heavy atom. The van der Waals surface area contributed by atoms with E-state index in [0.29, 0.717) is 5.13 Å². The number of guanidine groups is 1. The molecular weight excluding hydrogens is 494 g/mol. The molecule has 1 aromatic heterocycles. The Morgan fingerprint density at radius 3 is 2.42 bits per heavy atom. The Labute approximate surface area is 230 Å². The largest absolute Gasteiger partial charge is 0.381 e. The van der Waals surface area contributed by atoms with Crippen molar-refractivity contribution in [2.24, 2.45) is 16.5 Å². The van der Waals surface area contributed by atoms with Crippen LogP contribution in [-0.4, -0.2) is 68.2 Å². The Bertz CT molecular complexity index is 1110. The first kappa shape index (κ1) is 28.0. The van der Waals surface area contributed by atoms with Gasteiger partial charge in [0, 0.05) is 55.9 Å². The molecule has 204 valence electrons. The van der Waals surface area contributed by atoms with Gasteiger partial charge in [-0.2, -0.15) is 4.99 Å². The fourth-order valence-corrected chi connectivity index (χ4v) is 5.11. The SMILES string of the molecule is NC(N)=Nc1nc(-c2cccc(NCc3ccc(CN4CCCNCCNCCCNCC4)cc3)c2)cs1. The molecule has 0 unspecified atom stereocenters. The number of nitrogens with zero attached hydrogens (tertiary/aromatic N) is 3. The summed E-state index contributed by atoms with van der Waals surface area (Å²) in [7, 11) is 0. The van der Waals surface area contributed by atoms with Crippen LogP contribution in [0, 0.1) is 0 Å². The third kappa shape index (κ3) is 9.70. The molecule has 0 aliphatic carbocycles. The van der Waals surface area contributed by atoms with Gasteiger partial charge in [0.15, 0.2) is 5.96 Å². The lowest BCUT2D eigenvalue weighted by atomic mass is 10.1. The van der Waals surface area contributed by atoms with E-state index in [1.54, 1.807) is 0 Å². The highest BCUT2D eigenvalue weighted by Gasteiger charge is 2.08. The van der Waals surface area contributed by atoms with Crippen molar-refractivity contribution < 1.29 is 0 Å². The number of hydrogen-bond donors (Lipinski definition) is 6. The second-order valence-corrected chi connectivity index (χ2v) is 10.4. The van der Waals surface area contributed by atoms with E-state index >= 15 is 0 Å². The second-order valence-electron chi connectivity index (χ2n) is 9.54. The van der Waals surface area contributed by atoms with Gasteiger partial charge in [0.2, 0.25) is 5.13 Å². The molecule has 8 N–H and O–H groups in total. The topological polar surface area (TPSA) is 129 Å². The van der Waals surface area contributed by atoms with Crippen LogP contribution in [0.2, 0.25) is 0 Å². The molecule has 2 aromatic carbocycles. The van der Waals surface area contributed by atoms with Crippen molar-refractivity contribution in [3.63, 3.8) is 0 Å². The van der Waals surface area contributed by atoms with Gasteiger partial charge in [-0.1, -0.05) is 36.4 Å². The van der Waals surface area contributed by atoms with Gasteiger partial charge >= 0.3 is 0 Å². The number of aliphatic imine (C=N–C) groups is 1. The molecule has 1 saturated heterocycles. The molecule has 3 aromatic rings. The third-order valence-electron chi connectivity index (χ3n) is 6.42. The van der Waals surface area contributed by atoms with E-state index in [4.69, 9.17) is 11.5 Å². The molecule has 4 rings (SSSR count). The molecule has 1 fully saturated rings. The average molecular weight is 536 g/mol. The van der Waals surface area contributed by atoms with E-state index in [-0.39, 0.29) is 5.96 Å². The van der Waals surface area contributed by atoms with Crippen molar-refractivity contribution in [2.75, 3.05) is 57.7 Å². The number of nitrogens with one attached hydrogen (secondary N) is 4. The summed E-state index contributed by atoms with van der Waals surface area (Å²) >= 11 is 1.42. The molecule has 1 aliphatic rings. The minimum absolute atomic E-state index is 0.0174. The Hall–Kier alpha value is -3.02. The summed E-state index contributed by atoms with van der Waals surface area (Å²) in [4.78, 5) is 11.1. The second kappa shape index (κ2) is 15.4. The fourth-order valence-electron chi connectivity index (χ4n) is 4.40. The van der Waals surface area contributed by atoms with Gasteiger partial charge in [-0.15, -0.1) is 11.3 Å². The molecule has 38 heavy (non-hydrogen) atoms. The Balaban J connectivity index is 1.28. The van der Waals surface area contributed by atoms with Gasteiger partial charge in [0.05, 0.1) is 5.69 Å². The highest BCUT2D eigenvalue weighted by atomic mass is 32.1. The fraction of sp³-hybridized carbons (Fsp3) is 0.429. The summed E-state index contributed by atoms with van der Waals surface area (Å²) in [6.07, 6.45) is 2.34.